The summed E-state index contributed by atoms with van der Waals surface area (Å²) in [6.45, 7) is 2.04. The number of amides is 2. The summed E-state index contributed by atoms with van der Waals surface area (Å²) in [5.41, 5.74) is 3.29. The second-order valence-electron chi connectivity index (χ2n) is 7.14. The third kappa shape index (κ3) is 5.92. The Hall–Kier alpha value is -3.15. The number of anilines is 2. The Labute approximate surface area is 181 Å². The number of likely N-dealkylation sites (N-methyl/N-ethyl adjacent to an activating group) is 1. The van der Waals surface area contributed by atoms with Crippen molar-refractivity contribution < 1.29 is 9.59 Å². The van der Waals surface area contributed by atoms with Crippen LogP contribution in [0.5, 0.6) is 0 Å². The second-order valence-corrected chi connectivity index (χ2v) is 7.58. The molecule has 0 fully saturated rings. The molecule has 0 heterocycles. The maximum Gasteiger partial charge on any atom is 0.246 e. The van der Waals surface area contributed by atoms with Crippen LogP contribution in [-0.2, 0) is 9.59 Å². The van der Waals surface area contributed by atoms with Crippen molar-refractivity contribution >= 4 is 34.8 Å². The Morgan fingerprint density at radius 2 is 1.43 bits per heavy atom. The fourth-order valence-electron chi connectivity index (χ4n) is 3.14. The molecule has 0 bridgehead atoms. The fraction of sp³-hybridized carbons (Fsp3) is 0.167. The Kier molecular flexibility index (Phi) is 7.22. The number of carbonyl (C=O) groups is 2. The van der Waals surface area contributed by atoms with Crippen LogP contribution in [0.4, 0.5) is 11.4 Å². The van der Waals surface area contributed by atoms with Crippen LogP contribution >= 0.6 is 11.6 Å². The summed E-state index contributed by atoms with van der Waals surface area (Å²) in [5.74, 6) is -0.421. The number of hydrogen-bond donors (Lipinski definition) is 2. The van der Waals surface area contributed by atoms with Gasteiger partial charge in [-0.05, 0) is 55.9 Å². The Morgan fingerprint density at radius 3 is 2.07 bits per heavy atom. The summed E-state index contributed by atoms with van der Waals surface area (Å²) in [6.07, 6.45) is 0. The van der Waals surface area contributed by atoms with Crippen molar-refractivity contribution in [2.45, 2.75) is 13.0 Å². The van der Waals surface area contributed by atoms with Crippen molar-refractivity contribution in [3.63, 3.8) is 0 Å². The molecule has 0 aliphatic rings. The highest BCUT2D eigenvalue weighted by Gasteiger charge is 2.26. The summed E-state index contributed by atoms with van der Waals surface area (Å²) in [4.78, 5) is 27.4. The number of nitrogens with zero attached hydrogens (tertiary/aromatic N) is 1. The van der Waals surface area contributed by atoms with E-state index in [1.807, 2.05) is 61.5 Å². The van der Waals surface area contributed by atoms with E-state index in [9.17, 15) is 9.59 Å². The number of nitrogens with one attached hydrogen (secondary N) is 2. The molecular weight excluding hydrogens is 398 g/mol. The van der Waals surface area contributed by atoms with Gasteiger partial charge >= 0.3 is 0 Å². The van der Waals surface area contributed by atoms with Gasteiger partial charge in [-0.25, -0.2) is 0 Å². The number of halogens is 1. The van der Waals surface area contributed by atoms with Gasteiger partial charge in [0.1, 0.15) is 6.04 Å². The summed E-state index contributed by atoms with van der Waals surface area (Å²) < 4.78 is 0. The molecule has 3 rings (SSSR count). The average Bonchev–Trinajstić information content (AvgIpc) is 2.72. The number of aryl methyl sites for hydroxylation is 1. The van der Waals surface area contributed by atoms with E-state index < -0.39 is 6.04 Å². The predicted octanol–water partition coefficient (Wildman–Crippen LogP) is 4.90. The van der Waals surface area contributed by atoms with Gasteiger partial charge in [-0.2, -0.15) is 0 Å². The molecule has 3 aromatic rings. The maximum absolute atomic E-state index is 13.1. The molecule has 0 saturated carbocycles. The van der Waals surface area contributed by atoms with E-state index in [0.29, 0.717) is 16.4 Å². The molecular formula is C24H24ClN3O2. The predicted molar refractivity (Wildman–Crippen MR) is 122 cm³/mol. The largest absolute Gasteiger partial charge is 0.325 e. The van der Waals surface area contributed by atoms with Gasteiger partial charge in [0, 0.05) is 16.4 Å². The van der Waals surface area contributed by atoms with Crippen LogP contribution in [0.2, 0.25) is 5.02 Å². The van der Waals surface area contributed by atoms with E-state index in [1.165, 1.54) is 0 Å². The van der Waals surface area contributed by atoms with Gasteiger partial charge in [-0.1, -0.05) is 59.6 Å². The standard InChI is InChI=1S/C24H24ClN3O2/c1-17-8-12-21(13-9-17)27-24(30)23(18-6-4-3-5-7-18)28(2)16-22(29)26-20-14-10-19(25)11-15-20/h3-15,23H,16H2,1-2H3,(H,26,29)(H,27,30). The first-order chi connectivity index (χ1) is 14.4. The van der Waals surface area contributed by atoms with Crippen LogP contribution in [0, 0.1) is 6.92 Å². The van der Waals surface area contributed by atoms with E-state index in [0.717, 1.165) is 11.1 Å². The molecule has 0 saturated heterocycles. The lowest BCUT2D eigenvalue weighted by molar-refractivity contribution is -0.123. The second kappa shape index (κ2) is 10.1. The van der Waals surface area contributed by atoms with Crippen LogP contribution in [0.15, 0.2) is 78.9 Å². The molecule has 2 amide bonds. The number of carbonyl (C=O) groups excluding carboxylic acids is 2. The van der Waals surface area contributed by atoms with E-state index in [2.05, 4.69) is 10.6 Å². The minimum absolute atomic E-state index is 0.0451. The molecule has 3 aromatic carbocycles. The van der Waals surface area contributed by atoms with Gasteiger partial charge in [-0.3, -0.25) is 14.5 Å². The summed E-state index contributed by atoms with van der Waals surface area (Å²) in [6, 6.07) is 23.3. The summed E-state index contributed by atoms with van der Waals surface area (Å²) in [7, 11) is 1.76. The van der Waals surface area contributed by atoms with Crippen molar-refractivity contribution in [2.24, 2.45) is 0 Å². The van der Waals surface area contributed by atoms with Gasteiger partial charge in [0.15, 0.2) is 0 Å². The molecule has 0 spiro atoms. The van der Waals surface area contributed by atoms with Crippen molar-refractivity contribution in [2.75, 3.05) is 24.2 Å². The summed E-state index contributed by atoms with van der Waals surface area (Å²) >= 11 is 5.89. The monoisotopic (exact) mass is 421 g/mol. The van der Waals surface area contributed by atoms with Crippen molar-refractivity contribution in [1.29, 1.82) is 0 Å². The first kappa shape index (κ1) is 21.6. The number of hydrogen-bond acceptors (Lipinski definition) is 3. The first-order valence-corrected chi connectivity index (χ1v) is 9.98. The van der Waals surface area contributed by atoms with E-state index in [1.54, 1.807) is 36.2 Å². The van der Waals surface area contributed by atoms with Crippen LogP contribution in [0.3, 0.4) is 0 Å². The molecule has 6 heteroatoms. The first-order valence-electron chi connectivity index (χ1n) is 9.60. The van der Waals surface area contributed by atoms with Crippen molar-refractivity contribution in [3.05, 3.63) is 95.0 Å². The van der Waals surface area contributed by atoms with Crippen LogP contribution in [0.1, 0.15) is 17.2 Å². The Balaban J connectivity index is 1.74. The highest BCUT2D eigenvalue weighted by atomic mass is 35.5. The average molecular weight is 422 g/mol. The van der Waals surface area contributed by atoms with Crippen molar-refractivity contribution in [1.82, 2.24) is 4.90 Å². The van der Waals surface area contributed by atoms with Crippen LogP contribution < -0.4 is 10.6 Å². The molecule has 2 N–H and O–H groups in total. The van der Waals surface area contributed by atoms with Gasteiger partial charge in [0.05, 0.1) is 6.54 Å². The van der Waals surface area contributed by atoms with E-state index >= 15 is 0 Å². The van der Waals surface area contributed by atoms with Gasteiger partial charge in [0.2, 0.25) is 11.8 Å². The van der Waals surface area contributed by atoms with Gasteiger partial charge in [0.25, 0.3) is 0 Å². The number of rotatable bonds is 7. The van der Waals surface area contributed by atoms with Gasteiger partial charge in [-0.15, -0.1) is 0 Å². The lowest BCUT2D eigenvalue weighted by atomic mass is 10.0. The zero-order chi connectivity index (χ0) is 21.5. The molecule has 5 nitrogen and oxygen atoms in total. The smallest absolute Gasteiger partial charge is 0.246 e. The molecule has 1 unspecified atom stereocenters. The van der Waals surface area contributed by atoms with Crippen molar-refractivity contribution in [3.8, 4) is 0 Å². The topological polar surface area (TPSA) is 61.4 Å². The summed E-state index contributed by atoms with van der Waals surface area (Å²) in [5, 5.41) is 6.38. The molecule has 154 valence electrons. The Morgan fingerprint density at radius 1 is 0.867 bits per heavy atom. The zero-order valence-electron chi connectivity index (χ0n) is 16.9. The molecule has 0 radical (unpaired) electrons. The molecule has 30 heavy (non-hydrogen) atoms. The SMILES string of the molecule is Cc1ccc(NC(=O)C(c2ccccc2)N(C)CC(=O)Nc2ccc(Cl)cc2)cc1. The highest BCUT2D eigenvalue weighted by Crippen LogP contribution is 2.22. The normalized spacial score (nSPS) is 11.7. The lowest BCUT2D eigenvalue weighted by Gasteiger charge is -2.27. The van der Waals surface area contributed by atoms with Gasteiger partial charge < -0.3 is 10.6 Å². The van der Waals surface area contributed by atoms with Crippen LogP contribution in [0.25, 0.3) is 0 Å². The van der Waals surface area contributed by atoms with Crippen LogP contribution in [-0.4, -0.2) is 30.3 Å². The fourth-order valence-corrected chi connectivity index (χ4v) is 3.27. The molecule has 0 aliphatic heterocycles. The maximum atomic E-state index is 13.1. The third-order valence-corrected chi connectivity index (χ3v) is 4.90. The minimum atomic E-state index is -0.622. The number of benzene rings is 3. The zero-order valence-corrected chi connectivity index (χ0v) is 17.7. The molecule has 0 aromatic heterocycles. The minimum Gasteiger partial charge on any atom is -0.325 e. The lowest BCUT2D eigenvalue weighted by Crippen LogP contribution is -2.39. The molecule has 0 aliphatic carbocycles. The Bertz CT molecular complexity index is 989. The van der Waals surface area contributed by atoms with E-state index in [4.69, 9.17) is 11.6 Å². The highest BCUT2D eigenvalue weighted by molar-refractivity contribution is 6.30. The quantitative estimate of drug-likeness (QED) is 0.570. The third-order valence-electron chi connectivity index (χ3n) is 4.64. The van der Waals surface area contributed by atoms with E-state index in [-0.39, 0.29) is 18.4 Å². The molecule has 1 atom stereocenters.